The Balaban J connectivity index is 3.37. The molecule has 0 heterocycles. The minimum absolute atomic E-state index is 0.00238. The minimum Gasteiger partial charge on any atom is -0.466 e. The van der Waals surface area contributed by atoms with Gasteiger partial charge in [0.2, 0.25) is 5.91 Å². The number of hydrogen-bond donors (Lipinski definition) is 3. The van der Waals surface area contributed by atoms with E-state index in [-0.39, 0.29) is 18.5 Å². The maximum Gasteiger partial charge on any atom is 0.305 e. The summed E-state index contributed by atoms with van der Waals surface area (Å²) in [6, 6.07) is -0.545. The molecule has 346 valence electrons. The lowest BCUT2D eigenvalue weighted by molar-refractivity contribution is -0.143. The lowest BCUT2D eigenvalue weighted by Crippen LogP contribution is -2.45. The molecule has 0 aromatic rings. The maximum atomic E-state index is 12.4. The molecular weight excluding hydrogens is 719 g/mol. The third kappa shape index (κ3) is 44.4. The molecule has 0 aliphatic rings. The Labute approximate surface area is 362 Å². The molecule has 0 saturated heterocycles. The van der Waals surface area contributed by atoms with Crippen molar-refractivity contribution >= 4 is 11.9 Å². The lowest BCUT2D eigenvalue weighted by atomic mass is 10.0. The van der Waals surface area contributed by atoms with Gasteiger partial charge in [0.15, 0.2) is 0 Å². The van der Waals surface area contributed by atoms with Crippen molar-refractivity contribution in [3.63, 3.8) is 0 Å². The van der Waals surface area contributed by atoms with E-state index >= 15 is 0 Å². The van der Waals surface area contributed by atoms with Crippen LogP contribution in [-0.4, -0.2) is 47.4 Å². The molecule has 3 N–H and O–H groups in total. The van der Waals surface area contributed by atoms with Crippen molar-refractivity contribution in [2.45, 2.75) is 309 Å². The number of esters is 1. The number of hydrogen-bond acceptors (Lipinski definition) is 5. The molecule has 2 atom stereocenters. The topological polar surface area (TPSA) is 95.9 Å². The number of ether oxygens (including phenoxy) is 1. The summed E-state index contributed by atoms with van der Waals surface area (Å²) >= 11 is 0. The quantitative estimate of drug-likeness (QED) is 0.0420. The fourth-order valence-electron chi connectivity index (χ4n) is 8.35. The van der Waals surface area contributed by atoms with Crippen LogP contribution in [0.4, 0.5) is 0 Å². The summed E-state index contributed by atoms with van der Waals surface area (Å²) in [6.07, 6.45) is 53.7. The molecule has 0 rings (SSSR count). The molecule has 6 nitrogen and oxygen atoms in total. The molecule has 0 fully saturated rings. The standard InChI is InChI=1S/C52H103NO5/c1-3-5-7-9-11-13-14-15-16-17-18-19-23-26-30-34-38-42-46-52(57)58-47-43-39-35-31-27-24-21-20-22-25-29-33-37-41-45-51(56)53-49(48-54)50(55)44-40-36-32-28-12-10-8-6-4-2/h49-50,54-55H,3-48H2,1-2H3,(H,53,56). The third-order valence-corrected chi connectivity index (χ3v) is 12.4. The molecule has 0 aliphatic carbocycles. The van der Waals surface area contributed by atoms with Gasteiger partial charge >= 0.3 is 5.97 Å². The number of amides is 1. The molecule has 0 spiro atoms. The second kappa shape index (κ2) is 48.5. The van der Waals surface area contributed by atoms with Crippen LogP contribution in [-0.2, 0) is 14.3 Å². The number of rotatable bonds is 49. The first kappa shape index (κ1) is 56.9. The van der Waals surface area contributed by atoms with Crippen molar-refractivity contribution in [1.82, 2.24) is 5.32 Å². The Morgan fingerprint density at radius 3 is 1.05 bits per heavy atom. The summed E-state index contributed by atoms with van der Waals surface area (Å²) in [6.45, 7) is 4.93. The predicted molar refractivity (Wildman–Crippen MR) is 250 cm³/mol. The van der Waals surface area contributed by atoms with Crippen LogP contribution >= 0.6 is 0 Å². The highest BCUT2D eigenvalue weighted by Crippen LogP contribution is 2.17. The van der Waals surface area contributed by atoms with Crippen LogP contribution in [0.25, 0.3) is 0 Å². The van der Waals surface area contributed by atoms with Gasteiger partial charge in [-0.3, -0.25) is 9.59 Å². The van der Waals surface area contributed by atoms with Crippen molar-refractivity contribution in [3.8, 4) is 0 Å². The van der Waals surface area contributed by atoms with Gasteiger partial charge in [0, 0.05) is 12.8 Å². The van der Waals surface area contributed by atoms with E-state index in [1.54, 1.807) is 0 Å². The first-order chi connectivity index (χ1) is 28.5. The normalized spacial score (nSPS) is 12.6. The van der Waals surface area contributed by atoms with Crippen LogP contribution in [0.2, 0.25) is 0 Å². The van der Waals surface area contributed by atoms with E-state index in [0.717, 1.165) is 51.4 Å². The molecule has 0 aromatic heterocycles. The second-order valence-corrected chi connectivity index (χ2v) is 18.2. The molecule has 6 heteroatoms. The molecule has 0 bridgehead atoms. The first-order valence-corrected chi connectivity index (χ1v) is 26.3. The van der Waals surface area contributed by atoms with Crippen molar-refractivity contribution in [1.29, 1.82) is 0 Å². The highest BCUT2D eigenvalue weighted by molar-refractivity contribution is 5.76. The zero-order valence-electron chi connectivity index (χ0n) is 39.3. The molecule has 58 heavy (non-hydrogen) atoms. The van der Waals surface area contributed by atoms with Gasteiger partial charge in [0.1, 0.15) is 0 Å². The summed E-state index contributed by atoms with van der Waals surface area (Å²) in [5.41, 5.74) is 0. The Hall–Kier alpha value is -1.14. The number of aliphatic hydroxyl groups is 2. The molecule has 2 unspecified atom stereocenters. The Morgan fingerprint density at radius 2 is 0.707 bits per heavy atom. The van der Waals surface area contributed by atoms with Crippen molar-refractivity contribution in [3.05, 3.63) is 0 Å². The van der Waals surface area contributed by atoms with E-state index in [1.165, 1.54) is 212 Å². The second-order valence-electron chi connectivity index (χ2n) is 18.2. The van der Waals surface area contributed by atoms with Crippen LogP contribution in [0, 0.1) is 0 Å². The lowest BCUT2D eigenvalue weighted by Gasteiger charge is -2.22. The van der Waals surface area contributed by atoms with Gasteiger partial charge in [-0.25, -0.2) is 0 Å². The van der Waals surface area contributed by atoms with Crippen LogP contribution < -0.4 is 5.32 Å². The smallest absolute Gasteiger partial charge is 0.305 e. The molecule has 1 amide bonds. The molecule has 0 aliphatic heterocycles. The van der Waals surface area contributed by atoms with Crippen LogP contribution in [0.3, 0.4) is 0 Å². The average Bonchev–Trinajstić information content (AvgIpc) is 3.22. The van der Waals surface area contributed by atoms with E-state index < -0.39 is 12.1 Å². The predicted octanol–water partition coefficient (Wildman–Crippen LogP) is 15.6. The first-order valence-electron chi connectivity index (χ1n) is 26.3. The number of aliphatic hydroxyl groups excluding tert-OH is 2. The summed E-state index contributed by atoms with van der Waals surface area (Å²) in [5.74, 6) is -0.0441. The molecule has 0 saturated carbocycles. The van der Waals surface area contributed by atoms with Gasteiger partial charge in [-0.05, 0) is 25.7 Å². The Morgan fingerprint density at radius 1 is 0.414 bits per heavy atom. The number of nitrogens with one attached hydrogen (secondary N) is 1. The Kier molecular flexibility index (Phi) is 47.6. The molecule has 0 aromatic carbocycles. The van der Waals surface area contributed by atoms with Gasteiger partial charge in [0.05, 0.1) is 25.4 Å². The number of unbranched alkanes of at least 4 members (excludes halogenated alkanes) is 38. The van der Waals surface area contributed by atoms with Gasteiger partial charge in [0.25, 0.3) is 0 Å². The van der Waals surface area contributed by atoms with Crippen molar-refractivity contribution < 1.29 is 24.5 Å². The fraction of sp³-hybridized carbons (Fsp3) is 0.962. The van der Waals surface area contributed by atoms with E-state index in [2.05, 4.69) is 19.2 Å². The van der Waals surface area contributed by atoms with Crippen LogP contribution in [0.5, 0.6) is 0 Å². The maximum absolute atomic E-state index is 12.4. The highest BCUT2D eigenvalue weighted by Gasteiger charge is 2.20. The van der Waals surface area contributed by atoms with Gasteiger partial charge in [-0.2, -0.15) is 0 Å². The Bertz CT molecular complexity index is 822. The van der Waals surface area contributed by atoms with Gasteiger partial charge in [-0.1, -0.05) is 258 Å². The summed E-state index contributed by atoms with van der Waals surface area (Å²) < 4.78 is 5.48. The minimum atomic E-state index is -0.667. The highest BCUT2D eigenvalue weighted by atomic mass is 16.5. The van der Waals surface area contributed by atoms with E-state index in [1.807, 2.05) is 0 Å². The SMILES string of the molecule is CCCCCCCCCCCCCCCCCCCCC(=O)OCCCCCCCCCCCCCCCCC(=O)NC(CO)C(O)CCCCCCCCCCC. The molecule has 0 radical (unpaired) electrons. The van der Waals surface area contributed by atoms with E-state index in [0.29, 0.717) is 25.9 Å². The largest absolute Gasteiger partial charge is 0.466 e. The summed E-state index contributed by atoms with van der Waals surface area (Å²) in [5, 5.41) is 23.1. The zero-order valence-corrected chi connectivity index (χ0v) is 39.3. The van der Waals surface area contributed by atoms with Crippen molar-refractivity contribution in [2.75, 3.05) is 13.2 Å². The third-order valence-electron chi connectivity index (χ3n) is 12.4. The average molecular weight is 822 g/mol. The van der Waals surface area contributed by atoms with Crippen LogP contribution in [0.15, 0.2) is 0 Å². The summed E-state index contributed by atoms with van der Waals surface area (Å²) in [4.78, 5) is 24.4. The van der Waals surface area contributed by atoms with E-state index in [9.17, 15) is 19.8 Å². The van der Waals surface area contributed by atoms with E-state index in [4.69, 9.17) is 4.74 Å². The van der Waals surface area contributed by atoms with Gasteiger partial charge < -0.3 is 20.3 Å². The molecular formula is C52H103NO5. The van der Waals surface area contributed by atoms with Crippen LogP contribution in [0.1, 0.15) is 296 Å². The summed E-state index contributed by atoms with van der Waals surface area (Å²) in [7, 11) is 0. The zero-order chi connectivity index (χ0) is 42.3. The number of carbonyl (C=O) groups excluding carboxylic acids is 2. The fourth-order valence-corrected chi connectivity index (χ4v) is 8.35. The monoisotopic (exact) mass is 822 g/mol. The van der Waals surface area contributed by atoms with Gasteiger partial charge in [-0.15, -0.1) is 0 Å². The number of carbonyl (C=O) groups is 2. The van der Waals surface area contributed by atoms with Crippen molar-refractivity contribution in [2.24, 2.45) is 0 Å².